The summed E-state index contributed by atoms with van der Waals surface area (Å²) in [4.78, 5) is 47.0. The number of carbonyl (C=O) groups excluding carboxylic acids is 3. The third-order valence-electron chi connectivity index (χ3n) is 5.30. The van der Waals surface area contributed by atoms with Gasteiger partial charge in [-0.15, -0.1) is 0 Å². The molecule has 1 fully saturated rings. The number of halogens is 2. The second-order valence-corrected chi connectivity index (χ2v) is 8.80. The number of pyridine rings is 2. The summed E-state index contributed by atoms with van der Waals surface area (Å²) in [5, 5.41) is 39.9. The minimum absolute atomic E-state index is 0.00774. The molecule has 3 rings (SSSR count). The Morgan fingerprint density at radius 1 is 1.19 bits per heavy atom. The fourth-order valence-electron chi connectivity index (χ4n) is 3.75. The second kappa shape index (κ2) is 10.5. The lowest BCUT2D eigenvalue weighted by Gasteiger charge is -2.42. The molecule has 5 N–H and O–H groups in total. The highest BCUT2D eigenvalue weighted by Gasteiger charge is 2.42. The van der Waals surface area contributed by atoms with Crippen molar-refractivity contribution in [2.24, 2.45) is 0 Å². The van der Waals surface area contributed by atoms with E-state index in [1.165, 1.54) is 17.0 Å². The molecule has 0 spiro atoms. The van der Waals surface area contributed by atoms with Crippen molar-refractivity contribution in [1.29, 1.82) is 0 Å². The minimum atomic E-state index is -3.68. The summed E-state index contributed by atoms with van der Waals surface area (Å²) in [6.07, 6.45) is 1.07. The van der Waals surface area contributed by atoms with E-state index in [1.54, 1.807) is 0 Å². The summed E-state index contributed by atoms with van der Waals surface area (Å²) in [5.74, 6) is -7.62. The van der Waals surface area contributed by atoms with Crippen LogP contribution in [0.3, 0.4) is 0 Å². The number of amides is 3. The number of aromatic nitrogens is 2. The van der Waals surface area contributed by atoms with Crippen LogP contribution < -0.4 is 5.32 Å². The monoisotopic (exact) mass is 533 g/mol. The molecule has 1 aliphatic heterocycles. The number of aliphatic hydroxyl groups is 4. The topological polar surface area (TPSA) is 176 Å². The van der Waals surface area contributed by atoms with Crippen molar-refractivity contribution in [1.82, 2.24) is 25.1 Å². The largest absolute Gasteiger partial charge is 0.381 e. The van der Waals surface area contributed by atoms with Gasteiger partial charge in [0.1, 0.15) is 18.7 Å². The van der Waals surface area contributed by atoms with Gasteiger partial charge in [0.15, 0.2) is 0 Å². The van der Waals surface area contributed by atoms with Crippen molar-refractivity contribution in [3.05, 3.63) is 59.3 Å². The molecule has 0 saturated carbocycles. The number of nitrogens with zero attached hydrogens (tertiary/aromatic N) is 4. The lowest BCUT2D eigenvalue weighted by molar-refractivity contribution is -0.297. The van der Waals surface area contributed by atoms with Gasteiger partial charge in [0.05, 0.1) is 17.4 Å². The maximum Gasteiger partial charge on any atom is 0.360 e. The van der Waals surface area contributed by atoms with E-state index in [0.29, 0.717) is 0 Å². The molecular weight excluding hydrogens is 512 g/mol. The highest BCUT2D eigenvalue weighted by molar-refractivity contribution is 6.29. The number of nitrogens with one attached hydrogen (secondary N) is 1. The number of piperazine rings is 1. The van der Waals surface area contributed by atoms with E-state index >= 15 is 0 Å². The first kappa shape index (κ1) is 28.2. The smallest absolute Gasteiger partial charge is 0.360 e. The minimum Gasteiger partial charge on any atom is -0.381 e. The molecule has 2 atom stereocenters. The number of hydrogen-bond donors (Lipinski definition) is 5. The van der Waals surface area contributed by atoms with Gasteiger partial charge in [-0.1, -0.05) is 18.2 Å². The third-order valence-corrected chi connectivity index (χ3v) is 5.50. The molecule has 194 valence electrons. The van der Waals surface area contributed by atoms with E-state index in [-0.39, 0.29) is 41.6 Å². The van der Waals surface area contributed by atoms with Gasteiger partial charge in [0.25, 0.3) is 5.91 Å². The Labute approximate surface area is 216 Å². The Morgan fingerprint density at radius 3 is 2.46 bits per heavy atom. The van der Waals surface area contributed by atoms with E-state index < -0.39 is 47.0 Å². The van der Waals surface area contributed by atoms with E-state index in [9.17, 15) is 39.2 Å². The maximum atomic E-state index is 14.3. The zero-order chi connectivity index (χ0) is 27.7. The Hall–Kier alpha value is -3.43. The van der Waals surface area contributed by atoms with Gasteiger partial charge >= 0.3 is 11.9 Å². The SMILES string of the molecule is [B]C(C)(O)NC(=O)c1cc(-c2cc(C3CN(C(=O)C=C)CCN3C(=O)C(O)(O)O)cc(Cl)n2)cc(F)n1. The first-order valence-electron chi connectivity index (χ1n) is 10.7. The number of hydrogen-bond acceptors (Lipinski definition) is 9. The van der Waals surface area contributed by atoms with Crippen LogP contribution in [0, 0.1) is 5.95 Å². The maximum absolute atomic E-state index is 14.3. The van der Waals surface area contributed by atoms with Crippen LogP contribution in [0.5, 0.6) is 0 Å². The Bertz CT molecular complexity index is 1250. The quantitative estimate of drug-likeness (QED) is 0.135. The van der Waals surface area contributed by atoms with Crippen LogP contribution in [0.25, 0.3) is 11.3 Å². The molecule has 3 amide bonds. The summed E-state index contributed by atoms with van der Waals surface area (Å²) < 4.78 is 14.3. The molecular formula is C22H22BClFN5O7. The van der Waals surface area contributed by atoms with Gasteiger partial charge in [0, 0.05) is 31.3 Å². The van der Waals surface area contributed by atoms with Crippen LogP contribution in [0.1, 0.15) is 29.0 Å². The van der Waals surface area contributed by atoms with Crippen molar-refractivity contribution in [2.75, 3.05) is 19.6 Å². The molecule has 2 aromatic rings. The van der Waals surface area contributed by atoms with Gasteiger partial charge in [-0.25, -0.2) is 9.97 Å². The van der Waals surface area contributed by atoms with Gasteiger partial charge in [-0.3, -0.25) is 14.4 Å². The number of rotatable bonds is 6. The molecule has 12 nitrogen and oxygen atoms in total. The summed E-state index contributed by atoms with van der Waals surface area (Å²) in [6, 6.07) is 3.78. The second-order valence-electron chi connectivity index (χ2n) is 8.41. The van der Waals surface area contributed by atoms with Gasteiger partial charge in [-0.2, -0.15) is 4.39 Å². The molecule has 0 aliphatic carbocycles. The van der Waals surface area contributed by atoms with Crippen molar-refractivity contribution < 1.29 is 39.2 Å². The fourth-order valence-corrected chi connectivity index (χ4v) is 3.96. The predicted octanol–water partition coefficient (Wildman–Crippen LogP) is -0.971. The van der Waals surface area contributed by atoms with Crippen molar-refractivity contribution >= 4 is 37.2 Å². The van der Waals surface area contributed by atoms with E-state index in [2.05, 4.69) is 16.5 Å². The van der Waals surface area contributed by atoms with Crippen molar-refractivity contribution in [3.63, 3.8) is 0 Å². The van der Waals surface area contributed by atoms with Gasteiger partial charge < -0.3 is 35.5 Å². The van der Waals surface area contributed by atoms with Crippen LogP contribution in [-0.4, -0.2) is 97.0 Å². The van der Waals surface area contributed by atoms with E-state index in [1.807, 2.05) is 5.32 Å². The average molecular weight is 534 g/mol. The Morgan fingerprint density at radius 2 is 1.86 bits per heavy atom. The van der Waals surface area contributed by atoms with Crippen LogP contribution in [0.15, 0.2) is 36.9 Å². The summed E-state index contributed by atoms with van der Waals surface area (Å²) in [7, 11) is 5.35. The van der Waals surface area contributed by atoms with Gasteiger partial charge in [0.2, 0.25) is 11.9 Å². The van der Waals surface area contributed by atoms with Crippen LogP contribution in [0.2, 0.25) is 5.15 Å². The molecule has 1 aliphatic rings. The van der Waals surface area contributed by atoms with Crippen LogP contribution in [-0.2, 0) is 9.59 Å². The standard InChI is InChI=1S/C22H22BClFN5O7/c1-3-18(31)29-4-5-30(20(33)22(35,36)37)15(10-29)12-7-13(26-16(24)8-12)11-6-14(27-17(25)9-11)19(32)28-21(2,23)34/h3,6-9,15,34-37H,1,4-5,10H2,2H3,(H,28,32). The van der Waals surface area contributed by atoms with Crippen LogP contribution in [0.4, 0.5) is 4.39 Å². The van der Waals surface area contributed by atoms with Gasteiger partial charge in [-0.05, 0) is 36.8 Å². The van der Waals surface area contributed by atoms with E-state index in [0.717, 1.165) is 30.0 Å². The molecule has 0 aromatic carbocycles. The average Bonchev–Trinajstić information content (AvgIpc) is 2.80. The van der Waals surface area contributed by atoms with Crippen LogP contribution >= 0.6 is 11.6 Å². The molecule has 0 bridgehead atoms. The zero-order valence-electron chi connectivity index (χ0n) is 19.4. The fraction of sp³-hybridized carbons (Fsp3) is 0.318. The third kappa shape index (κ3) is 6.87. The van der Waals surface area contributed by atoms with Crippen molar-refractivity contribution in [3.8, 4) is 11.3 Å². The van der Waals surface area contributed by atoms with E-state index in [4.69, 9.17) is 19.4 Å². The molecule has 1 saturated heterocycles. The number of carbonyl (C=O) groups is 3. The summed E-state index contributed by atoms with van der Waals surface area (Å²) in [6.45, 7) is 4.20. The molecule has 37 heavy (non-hydrogen) atoms. The lowest BCUT2D eigenvalue weighted by atomic mass is 9.93. The molecule has 2 unspecified atom stereocenters. The Kier molecular flexibility index (Phi) is 8.00. The zero-order valence-corrected chi connectivity index (χ0v) is 20.2. The highest BCUT2D eigenvalue weighted by Crippen LogP contribution is 2.32. The van der Waals surface area contributed by atoms with Crippen molar-refractivity contribution in [2.45, 2.75) is 24.6 Å². The highest BCUT2D eigenvalue weighted by atomic mass is 35.5. The first-order valence-corrected chi connectivity index (χ1v) is 11.1. The molecule has 3 heterocycles. The summed E-state index contributed by atoms with van der Waals surface area (Å²) >= 11 is 6.19. The molecule has 2 radical (unpaired) electrons. The normalized spacial score (nSPS) is 17.6. The lowest BCUT2D eigenvalue weighted by Crippen LogP contribution is -2.57. The molecule has 15 heteroatoms. The summed E-state index contributed by atoms with van der Waals surface area (Å²) in [5.41, 5.74) is -2.24. The first-order chi connectivity index (χ1) is 17.1. The Balaban J connectivity index is 2.07. The molecule has 2 aromatic heterocycles. The predicted molar refractivity (Wildman–Crippen MR) is 127 cm³/mol.